The fraction of sp³-hybridized carbons (Fsp3) is 0.810. The Morgan fingerprint density at radius 2 is 1.96 bits per heavy atom. The van der Waals surface area contributed by atoms with Crippen molar-refractivity contribution in [2.75, 3.05) is 6.61 Å². The number of allylic oxidation sites excluding steroid dienone is 1. The molecule has 6 unspecified atom stereocenters. The molecule has 1 N–H and O–H groups in total. The highest BCUT2D eigenvalue weighted by atomic mass is 16.6. The molecule has 0 spiro atoms. The first-order valence-electron chi connectivity index (χ1n) is 9.26. The lowest BCUT2D eigenvalue weighted by Crippen LogP contribution is -2.52. The maximum absolute atomic E-state index is 10.1. The Balaban J connectivity index is 1.90. The summed E-state index contributed by atoms with van der Waals surface area (Å²) in [5.74, 6) is 1.07. The highest BCUT2D eigenvalue weighted by Gasteiger charge is 2.64. The summed E-state index contributed by atoms with van der Waals surface area (Å²) < 4.78 is 6.09. The van der Waals surface area contributed by atoms with Gasteiger partial charge in [0.2, 0.25) is 0 Å². The van der Waals surface area contributed by atoms with Gasteiger partial charge in [-0.05, 0) is 68.6 Å². The number of aliphatic hydroxyl groups excluding tert-OH is 1. The molecule has 130 valence electrons. The Morgan fingerprint density at radius 1 is 1.26 bits per heavy atom. The lowest BCUT2D eigenvalue weighted by atomic mass is 9.46. The number of hydrogen-bond acceptors (Lipinski definition) is 2. The highest BCUT2D eigenvalue weighted by Crippen LogP contribution is 2.64. The Morgan fingerprint density at radius 3 is 2.52 bits per heavy atom. The largest absolute Gasteiger partial charge is 0.396 e. The van der Waals surface area contributed by atoms with Crippen LogP contribution in [0.3, 0.4) is 0 Å². The number of epoxide rings is 1. The van der Waals surface area contributed by atoms with E-state index in [1.807, 2.05) is 6.08 Å². The van der Waals surface area contributed by atoms with E-state index in [2.05, 4.69) is 40.9 Å². The molecule has 1 aliphatic heterocycles. The van der Waals surface area contributed by atoms with E-state index in [0.717, 1.165) is 19.3 Å². The monoisotopic (exact) mass is 318 g/mol. The van der Waals surface area contributed by atoms with Crippen LogP contribution in [0, 0.1) is 22.7 Å². The van der Waals surface area contributed by atoms with Crippen molar-refractivity contribution in [2.45, 2.75) is 77.4 Å². The normalized spacial score (nSPS) is 52.8. The molecule has 3 aliphatic rings. The first kappa shape index (κ1) is 17.2. The number of fused-ring (bicyclic) bond motifs is 1. The maximum atomic E-state index is 10.1. The van der Waals surface area contributed by atoms with Crippen molar-refractivity contribution in [2.24, 2.45) is 22.7 Å². The molecule has 6 atom stereocenters. The topological polar surface area (TPSA) is 32.8 Å². The predicted molar refractivity (Wildman–Crippen MR) is 95.2 cm³/mol. The molecule has 1 saturated heterocycles. The molecule has 2 aliphatic carbocycles. The quantitative estimate of drug-likeness (QED) is 0.592. The van der Waals surface area contributed by atoms with Crippen molar-refractivity contribution in [1.29, 1.82) is 0 Å². The van der Waals surface area contributed by atoms with E-state index < -0.39 is 0 Å². The van der Waals surface area contributed by atoms with Crippen LogP contribution >= 0.6 is 0 Å². The van der Waals surface area contributed by atoms with Crippen LogP contribution in [0.2, 0.25) is 0 Å². The molecular formula is C21H34O2. The Kier molecular flexibility index (Phi) is 3.89. The predicted octanol–water partition coefficient (Wildman–Crippen LogP) is 4.88. The van der Waals surface area contributed by atoms with Crippen LogP contribution in [-0.4, -0.2) is 22.9 Å². The van der Waals surface area contributed by atoms with Crippen LogP contribution in [0.4, 0.5) is 0 Å². The molecule has 0 bridgehead atoms. The fourth-order valence-electron chi connectivity index (χ4n) is 5.98. The van der Waals surface area contributed by atoms with Crippen molar-refractivity contribution in [3.8, 4) is 0 Å². The van der Waals surface area contributed by atoms with Gasteiger partial charge in [0.05, 0.1) is 5.60 Å². The van der Waals surface area contributed by atoms with E-state index >= 15 is 0 Å². The van der Waals surface area contributed by atoms with Crippen LogP contribution in [0.25, 0.3) is 0 Å². The zero-order chi connectivity index (χ0) is 17.1. The summed E-state index contributed by atoms with van der Waals surface area (Å²) in [5, 5.41) is 10.1. The van der Waals surface area contributed by atoms with Crippen molar-refractivity contribution >= 4 is 0 Å². The van der Waals surface area contributed by atoms with Crippen LogP contribution in [0.1, 0.15) is 66.2 Å². The number of hydrogen-bond donors (Lipinski definition) is 1. The van der Waals surface area contributed by atoms with Gasteiger partial charge in [-0.3, -0.25) is 0 Å². The van der Waals surface area contributed by atoms with Crippen LogP contribution < -0.4 is 0 Å². The Bertz CT molecular complexity index is 526. The minimum absolute atomic E-state index is 0.0685. The molecular weight excluding hydrogens is 284 g/mol. The molecule has 0 aromatic heterocycles. The van der Waals surface area contributed by atoms with Gasteiger partial charge in [0.25, 0.3) is 0 Å². The van der Waals surface area contributed by atoms with Crippen molar-refractivity contribution in [3.63, 3.8) is 0 Å². The second-order valence-corrected chi connectivity index (χ2v) is 9.32. The summed E-state index contributed by atoms with van der Waals surface area (Å²) >= 11 is 0. The number of rotatable bonds is 4. The molecule has 0 aromatic carbocycles. The fourth-order valence-corrected chi connectivity index (χ4v) is 5.98. The first-order chi connectivity index (χ1) is 10.6. The molecule has 0 radical (unpaired) electrons. The summed E-state index contributed by atoms with van der Waals surface area (Å²) in [6.45, 7) is 17.8. The van der Waals surface area contributed by atoms with Gasteiger partial charge in [-0.15, -0.1) is 6.58 Å². The standard InChI is InChI=1S/C21H34O2/c1-7-20(5)21(6,23-20)13-16-15(2)9-10-17-18(3,14-22)11-8-12-19(16,17)4/h7,16-17,22H,1-2,8-14H2,3-6H3. The molecule has 2 saturated carbocycles. The summed E-state index contributed by atoms with van der Waals surface area (Å²) in [6, 6.07) is 0. The molecule has 3 fully saturated rings. The van der Waals surface area contributed by atoms with E-state index in [-0.39, 0.29) is 22.0 Å². The molecule has 2 heteroatoms. The second kappa shape index (κ2) is 5.20. The van der Waals surface area contributed by atoms with Gasteiger partial charge in [0, 0.05) is 6.61 Å². The maximum Gasteiger partial charge on any atom is 0.113 e. The van der Waals surface area contributed by atoms with Gasteiger partial charge in [-0.1, -0.05) is 38.5 Å². The van der Waals surface area contributed by atoms with Gasteiger partial charge in [-0.2, -0.15) is 0 Å². The summed E-state index contributed by atoms with van der Waals surface area (Å²) in [7, 11) is 0. The molecule has 0 aromatic rings. The van der Waals surface area contributed by atoms with Crippen LogP contribution in [0.5, 0.6) is 0 Å². The Labute approximate surface area is 142 Å². The van der Waals surface area contributed by atoms with E-state index in [4.69, 9.17) is 4.74 Å². The van der Waals surface area contributed by atoms with Gasteiger partial charge in [-0.25, -0.2) is 0 Å². The van der Waals surface area contributed by atoms with E-state index in [9.17, 15) is 5.11 Å². The first-order valence-corrected chi connectivity index (χ1v) is 9.26. The average Bonchev–Trinajstić information content (AvgIpc) is 3.05. The Hall–Kier alpha value is -0.600. The van der Waals surface area contributed by atoms with Crippen molar-refractivity contribution in [3.05, 3.63) is 24.8 Å². The molecule has 0 amide bonds. The molecule has 23 heavy (non-hydrogen) atoms. The lowest BCUT2D eigenvalue weighted by Gasteiger charge is -2.58. The third-order valence-electron chi connectivity index (χ3n) is 7.93. The van der Waals surface area contributed by atoms with Gasteiger partial charge in [0.15, 0.2) is 0 Å². The number of aliphatic hydroxyl groups is 1. The third kappa shape index (κ3) is 2.36. The van der Waals surface area contributed by atoms with Gasteiger partial charge in [0.1, 0.15) is 5.60 Å². The molecule has 2 nitrogen and oxygen atoms in total. The second-order valence-electron chi connectivity index (χ2n) is 9.32. The average molecular weight is 319 g/mol. The zero-order valence-corrected chi connectivity index (χ0v) is 15.5. The SMILES string of the molecule is C=CC1(C)OC1(C)CC1C(=C)CCC2C(C)(CO)CCCC12C. The summed E-state index contributed by atoms with van der Waals surface area (Å²) in [5.41, 5.74) is 1.40. The smallest absolute Gasteiger partial charge is 0.113 e. The minimum Gasteiger partial charge on any atom is -0.396 e. The van der Waals surface area contributed by atoms with Gasteiger partial charge < -0.3 is 9.84 Å². The van der Waals surface area contributed by atoms with Crippen molar-refractivity contribution in [1.82, 2.24) is 0 Å². The van der Waals surface area contributed by atoms with E-state index in [1.54, 1.807) is 0 Å². The lowest BCUT2D eigenvalue weighted by molar-refractivity contribution is -0.0891. The molecule has 3 rings (SSSR count). The summed E-state index contributed by atoms with van der Waals surface area (Å²) in [4.78, 5) is 0. The van der Waals surface area contributed by atoms with E-state index in [0.29, 0.717) is 18.4 Å². The zero-order valence-electron chi connectivity index (χ0n) is 15.5. The minimum atomic E-state index is -0.189. The van der Waals surface area contributed by atoms with Crippen LogP contribution in [-0.2, 0) is 4.74 Å². The molecule has 1 heterocycles. The van der Waals surface area contributed by atoms with Crippen LogP contribution in [0.15, 0.2) is 24.8 Å². The van der Waals surface area contributed by atoms with Crippen molar-refractivity contribution < 1.29 is 9.84 Å². The van der Waals surface area contributed by atoms with Gasteiger partial charge >= 0.3 is 0 Å². The third-order valence-corrected chi connectivity index (χ3v) is 7.93. The number of ether oxygens (including phenoxy) is 1. The summed E-state index contributed by atoms with van der Waals surface area (Å²) in [6.07, 6.45) is 8.88. The van der Waals surface area contributed by atoms with E-state index in [1.165, 1.54) is 24.8 Å². The highest BCUT2D eigenvalue weighted by molar-refractivity contribution is 5.25.